The number of hydrogen-bond acceptors (Lipinski definition) is 4. The molecule has 0 fully saturated rings. The summed E-state index contributed by atoms with van der Waals surface area (Å²) in [5.41, 5.74) is 0.538. The van der Waals surface area contributed by atoms with E-state index in [1.54, 1.807) is 25.3 Å². The Kier molecular flexibility index (Phi) is 5.20. The van der Waals surface area contributed by atoms with Crippen LogP contribution in [-0.2, 0) is 22.0 Å². The smallest absolute Gasteiger partial charge is 0.240 e. The van der Waals surface area contributed by atoms with Gasteiger partial charge in [0.05, 0.1) is 12.0 Å². The number of ether oxygens (including phenoxy) is 1. The monoisotopic (exact) mass is 425 g/mol. The van der Waals surface area contributed by atoms with E-state index in [1.165, 1.54) is 12.1 Å². The van der Waals surface area contributed by atoms with Crippen LogP contribution < -0.4 is 9.46 Å². The van der Waals surface area contributed by atoms with E-state index >= 15 is 0 Å². The number of aliphatic hydroxyl groups is 1. The minimum atomic E-state index is -3.69. The van der Waals surface area contributed by atoms with Crippen LogP contribution in [0.25, 0.3) is 0 Å². The molecule has 25 heavy (non-hydrogen) atoms. The highest BCUT2D eigenvalue weighted by atomic mass is 79.9. The van der Waals surface area contributed by atoms with Crippen molar-refractivity contribution in [2.75, 3.05) is 13.7 Å². The molecule has 0 aliphatic heterocycles. The van der Waals surface area contributed by atoms with Gasteiger partial charge in [-0.1, -0.05) is 22.0 Å². The first-order valence-electron chi connectivity index (χ1n) is 7.99. The van der Waals surface area contributed by atoms with Gasteiger partial charge in [-0.15, -0.1) is 0 Å². The molecule has 0 radical (unpaired) electrons. The van der Waals surface area contributed by atoms with Crippen molar-refractivity contribution in [3.05, 3.63) is 58.1 Å². The van der Waals surface area contributed by atoms with E-state index in [-0.39, 0.29) is 11.4 Å². The quantitative estimate of drug-likeness (QED) is 0.771. The molecule has 0 heterocycles. The molecule has 5 nitrogen and oxygen atoms in total. The second-order valence-corrected chi connectivity index (χ2v) is 8.87. The van der Waals surface area contributed by atoms with E-state index in [2.05, 4.69) is 20.7 Å². The fraction of sp³-hybridized carbons (Fsp3) is 0.333. The standard InChI is InChI=1S/C18H20BrNO4S/c1-24-15-6-9-17-13(11-15)3-2-10-18(17,21)12-20-25(22,23)16-7-4-14(19)5-8-16/h4-9,11,20-21H,2-3,10,12H2,1H3. The molecule has 134 valence electrons. The molecule has 1 aliphatic carbocycles. The summed E-state index contributed by atoms with van der Waals surface area (Å²) in [6.45, 7) is -0.0648. The topological polar surface area (TPSA) is 75.6 Å². The number of benzene rings is 2. The third-order valence-electron chi connectivity index (χ3n) is 4.53. The highest BCUT2D eigenvalue weighted by Crippen LogP contribution is 2.36. The van der Waals surface area contributed by atoms with Crippen LogP contribution in [0.5, 0.6) is 5.75 Å². The van der Waals surface area contributed by atoms with Crippen LogP contribution in [0.4, 0.5) is 0 Å². The van der Waals surface area contributed by atoms with Crippen molar-refractivity contribution >= 4 is 26.0 Å². The van der Waals surface area contributed by atoms with Crippen LogP contribution in [-0.4, -0.2) is 27.2 Å². The van der Waals surface area contributed by atoms with E-state index < -0.39 is 15.6 Å². The van der Waals surface area contributed by atoms with E-state index in [0.717, 1.165) is 34.2 Å². The van der Waals surface area contributed by atoms with Crippen molar-refractivity contribution in [2.45, 2.75) is 29.8 Å². The van der Waals surface area contributed by atoms with Crippen LogP contribution in [0.1, 0.15) is 24.0 Å². The third-order valence-corrected chi connectivity index (χ3v) is 6.47. The van der Waals surface area contributed by atoms with Crippen LogP contribution in [0.15, 0.2) is 51.8 Å². The number of halogens is 1. The normalized spacial score (nSPS) is 20.1. The molecule has 0 saturated heterocycles. The summed E-state index contributed by atoms with van der Waals surface area (Å²) < 4.78 is 33.6. The molecule has 7 heteroatoms. The number of fused-ring (bicyclic) bond motifs is 1. The molecule has 1 atom stereocenters. The largest absolute Gasteiger partial charge is 0.497 e. The Labute approximate surface area is 156 Å². The SMILES string of the molecule is COc1ccc2c(c1)CCCC2(O)CNS(=O)(=O)c1ccc(Br)cc1. The Bertz CT molecular complexity index is 867. The van der Waals surface area contributed by atoms with Gasteiger partial charge in [0.2, 0.25) is 10.0 Å². The number of hydrogen-bond donors (Lipinski definition) is 2. The van der Waals surface area contributed by atoms with Crippen molar-refractivity contribution in [1.29, 1.82) is 0 Å². The zero-order chi connectivity index (χ0) is 18.1. The summed E-state index contributed by atoms with van der Waals surface area (Å²) in [6, 6.07) is 11.9. The highest BCUT2D eigenvalue weighted by Gasteiger charge is 2.35. The molecule has 3 rings (SSSR count). The first-order valence-corrected chi connectivity index (χ1v) is 10.3. The van der Waals surface area contributed by atoms with Crippen molar-refractivity contribution < 1.29 is 18.3 Å². The average Bonchev–Trinajstić information content (AvgIpc) is 2.60. The van der Waals surface area contributed by atoms with Gasteiger partial charge in [-0.2, -0.15) is 0 Å². The lowest BCUT2D eigenvalue weighted by Gasteiger charge is -2.34. The molecule has 0 bridgehead atoms. The molecule has 1 aliphatic rings. The van der Waals surface area contributed by atoms with Crippen LogP contribution in [0.3, 0.4) is 0 Å². The van der Waals surface area contributed by atoms with Gasteiger partial charge in [-0.3, -0.25) is 0 Å². The van der Waals surface area contributed by atoms with Gasteiger partial charge in [0.1, 0.15) is 11.4 Å². The fourth-order valence-electron chi connectivity index (χ4n) is 3.16. The van der Waals surface area contributed by atoms with Crippen molar-refractivity contribution in [1.82, 2.24) is 4.72 Å². The van der Waals surface area contributed by atoms with Crippen LogP contribution in [0.2, 0.25) is 0 Å². The lowest BCUT2D eigenvalue weighted by atomic mass is 9.79. The summed E-state index contributed by atoms with van der Waals surface area (Å²) in [7, 11) is -2.09. The maximum Gasteiger partial charge on any atom is 0.240 e. The number of sulfonamides is 1. The van der Waals surface area contributed by atoms with Crippen LogP contribution in [0, 0.1) is 0 Å². The third kappa shape index (κ3) is 3.89. The Morgan fingerprint density at radius 2 is 1.96 bits per heavy atom. The van der Waals surface area contributed by atoms with Crippen molar-refractivity contribution in [3.8, 4) is 5.75 Å². The predicted molar refractivity (Wildman–Crippen MR) is 99.2 cm³/mol. The van der Waals surface area contributed by atoms with Gasteiger partial charge in [0.15, 0.2) is 0 Å². The zero-order valence-corrected chi connectivity index (χ0v) is 16.2. The van der Waals surface area contributed by atoms with Gasteiger partial charge < -0.3 is 9.84 Å². The van der Waals surface area contributed by atoms with Crippen molar-refractivity contribution in [3.63, 3.8) is 0 Å². The summed E-state index contributed by atoms with van der Waals surface area (Å²) in [5, 5.41) is 11.1. The number of aryl methyl sites for hydroxylation is 1. The molecular weight excluding hydrogens is 406 g/mol. The first kappa shape index (κ1) is 18.4. The number of methoxy groups -OCH3 is 1. The minimum absolute atomic E-state index is 0.0648. The molecule has 2 aromatic carbocycles. The molecule has 2 N–H and O–H groups in total. The Balaban J connectivity index is 1.82. The second-order valence-electron chi connectivity index (χ2n) is 6.19. The van der Waals surface area contributed by atoms with E-state index in [1.807, 2.05) is 12.1 Å². The van der Waals surface area contributed by atoms with Gasteiger partial charge in [-0.05, 0) is 66.8 Å². The molecular formula is C18H20BrNO4S. The molecule has 1 unspecified atom stereocenters. The van der Waals surface area contributed by atoms with Gasteiger partial charge >= 0.3 is 0 Å². The minimum Gasteiger partial charge on any atom is -0.497 e. The van der Waals surface area contributed by atoms with E-state index in [4.69, 9.17) is 4.74 Å². The van der Waals surface area contributed by atoms with E-state index in [0.29, 0.717) is 6.42 Å². The Morgan fingerprint density at radius 3 is 2.64 bits per heavy atom. The summed E-state index contributed by atoms with van der Waals surface area (Å²) in [4.78, 5) is 0.171. The Hall–Kier alpha value is -1.41. The predicted octanol–water partition coefficient (Wildman–Crippen LogP) is 2.96. The molecule has 2 aromatic rings. The van der Waals surface area contributed by atoms with Gasteiger partial charge in [0.25, 0.3) is 0 Å². The maximum absolute atomic E-state index is 12.5. The molecule has 0 aromatic heterocycles. The summed E-state index contributed by atoms with van der Waals surface area (Å²) >= 11 is 3.29. The second kappa shape index (κ2) is 7.07. The van der Waals surface area contributed by atoms with Gasteiger partial charge in [0, 0.05) is 11.0 Å². The fourth-order valence-corrected chi connectivity index (χ4v) is 4.51. The first-order chi connectivity index (χ1) is 11.8. The van der Waals surface area contributed by atoms with Gasteiger partial charge in [-0.25, -0.2) is 13.1 Å². The summed E-state index contributed by atoms with van der Waals surface area (Å²) in [5.74, 6) is 0.735. The lowest BCUT2D eigenvalue weighted by Crippen LogP contribution is -2.42. The van der Waals surface area contributed by atoms with Crippen molar-refractivity contribution in [2.24, 2.45) is 0 Å². The Morgan fingerprint density at radius 1 is 1.24 bits per heavy atom. The van der Waals surface area contributed by atoms with Crippen LogP contribution >= 0.6 is 15.9 Å². The zero-order valence-electron chi connectivity index (χ0n) is 13.8. The number of rotatable bonds is 5. The summed E-state index contributed by atoms with van der Waals surface area (Å²) in [6.07, 6.45) is 2.14. The van der Waals surface area contributed by atoms with E-state index in [9.17, 15) is 13.5 Å². The molecule has 0 spiro atoms. The lowest BCUT2D eigenvalue weighted by molar-refractivity contribution is 0.0242. The molecule has 0 amide bonds. The maximum atomic E-state index is 12.5. The average molecular weight is 426 g/mol. The number of nitrogens with one attached hydrogen (secondary N) is 1. The molecule has 0 saturated carbocycles. The highest BCUT2D eigenvalue weighted by molar-refractivity contribution is 9.10.